The van der Waals surface area contributed by atoms with Crippen molar-refractivity contribution in [2.24, 2.45) is 0 Å². The number of hydrazine groups is 1. The van der Waals surface area contributed by atoms with Crippen molar-refractivity contribution in [2.75, 3.05) is 21.3 Å². The highest BCUT2D eigenvalue weighted by molar-refractivity contribution is 6.10. The number of amides is 2. The van der Waals surface area contributed by atoms with E-state index in [4.69, 9.17) is 14.2 Å². The van der Waals surface area contributed by atoms with Crippen molar-refractivity contribution in [1.82, 2.24) is 15.8 Å². The van der Waals surface area contributed by atoms with Gasteiger partial charge in [-0.1, -0.05) is 12.1 Å². The van der Waals surface area contributed by atoms with Gasteiger partial charge in [-0.15, -0.1) is 0 Å². The summed E-state index contributed by atoms with van der Waals surface area (Å²) in [5.41, 5.74) is 7.15. The van der Waals surface area contributed by atoms with Crippen molar-refractivity contribution in [1.29, 1.82) is 0 Å². The second kappa shape index (κ2) is 7.91. The van der Waals surface area contributed by atoms with E-state index in [0.29, 0.717) is 34.0 Å². The van der Waals surface area contributed by atoms with Gasteiger partial charge in [-0.3, -0.25) is 20.4 Å². The highest BCUT2D eigenvalue weighted by Gasteiger charge is 2.21. The van der Waals surface area contributed by atoms with Crippen LogP contribution in [0.2, 0.25) is 0 Å². The van der Waals surface area contributed by atoms with E-state index in [-0.39, 0.29) is 5.91 Å². The molecule has 0 spiro atoms. The zero-order valence-corrected chi connectivity index (χ0v) is 16.0. The highest BCUT2D eigenvalue weighted by atomic mass is 16.5. The number of aromatic nitrogens is 1. The van der Waals surface area contributed by atoms with Crippen LogP contribution in [0.5, 0.6) is 17.2 Å². The van der Waals surface area contributed by atoms with Gasteiger partial charge in [0, 0.05) is 23.9 Å². The average Bonchev–Trinajstić information content (AvgIpc) is 3.09. The third-order valence-electron chi connectivity index (χ3n) is 4.26. The molecule has 0 bridgehead atoms. The number of rotatable bonds is 5. The van der Waals surface area contributed by atoms with Crippen molar-refractivity contribution in [3.63, 3.8) is 0 Å². The fourth-order valence-electron chi connectivity index (χ4n) is 2.96. The van der Waals surface area contributed by atoms with Gasteiger partial charge in [-0.25, -0.2) is 0 Å². The van der Waals surface area contributed by atoms with Gasteiger partial charge in [-0.2, -0.15) is 0 Å². The van der Waals surface area contributed by atoms with Gasteiger partial charge in [0.05, 0.1) is 26.8 Å². The quantitative estimate of drug-likeness (QED) is 0.588. The number of fused-ring (bicyclic) bond motifs is 1. The standard InChI is InChI=1S/C20H21N3O5/c1-11(24)22-23-20(25)19-18(12-5-7-13(26-2)8-6-12)14-9-16(27-3)17(28-4)10-15(14)21-19/h5-10,21H,1-4H3,(H,22,24)(H,23,25). The Morgan fingerprint density at radius 2 is 1.54 bits per heavy atom. The second-order valence-corrected chi connectivity index (χ2v) is 5.99. The molecule has 0 atom stereocenters. The first-order valence-corrected chi connectivity index (χ1v) is 8.47. The van der Waals surface area contributed by atoms with Crippen LogP contribution in [0, 0.1) is 0 Å². The van der Waals surface area contributed by atoms with Gasteiger partial charge in [0.25, 0.3) is 5.91 Å². The number of H-pyrrole nitrogens is 1. The Labute approximate surface area is 161 Å². The van der Waals surface area contributed by atoms with Crippen LogP contribution in [-0.2, 0) is 4.79 Å². The van der Waals surface area contributed by atoms with Crippen molar-refractivity contribution >= 4 is 22.7 Å². The molecular weight excluding hydrogens is 362 g/mol. The number of carbonyl (C=O) groups is 2. The minimum Gasteiger partial charge on any atom is -0.497 e. The minimum atomic E-state index is -0.477. The van der Waals surface area contributed by atoms with Crippen LogP contribution < -0.4 is 25.1 Å². The summed E-state index contributed by atoms with van der Waals surface area (Å²) in [6.07, 6.45) is 0. The van der Waals surface area contributed by atoms with Crippen LogP contribution in [0.1, 0.15) is 17.4 Å². The smallest absolute Gasteiger partial charge is 0.286 e. The average molecular weight is 383 g/mol. The summed E-state index contributed by atoms with van der Waals surface area (Å²) in [6.45, 7) is 1.31. The van der Waals surface area contributed by atoms with E-state index in [1.54, 1.807) is 33.5 Å². The Bertz CT molecular complexity index is 1020. The molecule has 1 heterocycles. The lowest BCUT2D eigenvalue weighted by atomic mass is 10.0. The second-order valence-electron chi connectivity index (χ2n) is 5.99. The number of hydrogen-bond donors (Lipinski definition) is 3. The summed E-state index contributed by atoms with van der Waals surface area (Å²) in [4.78, 5) is 27.0. The number of hydrogen-bond acceptors (Lipinski definition) is 5. The van der Waals surface area contributed by atoms with E-state index >= 15 is 0 Å². The minimum absolute atomic E-state index is 0.296. The molecule has 0 aliphatic heterocycles. The van der Waals surface area contributed by atoms with E-state index in [1.807, 2.05) is 24.3 Å². The summed E-state index contributed by atoms with van der Waals surface area (Å²) in [5, 5.41) is 0.774. The molecule has 0 fully saturated rings. The Morgan fingerprint density at radius 1 is 0.893 bits per heavy atom. The van der Waals surface area contributed by atoms with Crippen molar-refractivity contribution in [3.05, 3.63) is 42.1 Å². The van der Waals surface area contributed by atoms with Crippen LogP contribution in [0.4, 0.5) is 0 Å². The van der Waals surface area contributed by atoms with Crippen molar-refractivity contribution < 1.29 is 23.8 Å². The maximum absolute atomic E-state index is 12.7. The first-order valence-electron chi connectivity index (χ1n) is 8.47. The number of methoxy groups -OCH3 is 3. The Balaban J connectivity index is 2.21. The molecule has 0 unspecified atom stereocenters. The predicted octanol–water partition coefficient (Wildman–Crippen LogP) is 2.64. The molecule has 3 aromatic rings. The molecule has 0 aliphatic carbocycles. The lowest BCUT2D eigenvalue weighted by molar-refractivity contribution is -0.119. The summed E-state index contributed by atoms with van der Waals surface area (Å²) in [6, 6.07) is 10.9. The molecule has 0 saturated heterocycles. The van der Waals surface area contributed by atoms with Gasteiger partial charge in [-0.05, 0) is 23.8 Å². The molecule has 2 amide bonds. The van der Waals surface area contributed by atoms with Crippen molar-refractivity contribution in [3.8, 4) is 28.4 Å². The normalized spacial score (nSPS) is 10.4. The predicted molar refractivity (Wildman–Crippen MR) is 105 cm³/mol. The Hall–Kier alpha value is -3.68. The van der Waals surface area contributed by atoms with E-state index in [9.17, 15) is 9.59 Å². The first kappa shape index (κ1) is 19.1. The van der Waals surface area contributed by atoms with Crippen LogP contribution in [-0.4, -0.2) is 38.1 Å². The van der Waals surface area contributed by atoms with Crippen LogP contribution in [0.15, 0.2) is 36.4 Å². The molecular formula is C20H21N3O5. The topological polar surface area (TPSA) is 102 Å². The summed E-state index contributed by atoms with van der Waals surface area (Å²) >= 11 is 0. The number of ether oxygens (including phenoxy) is 3. The number of benzene rings is 2. The molecule has 1 aromatic heterocycles. The summed E-state index contributed by atoms with van der Waals surface area (Å²) in [7, 11) is 4.68. The maximum atomic E-state index is 12.7. The fourth-order valence-corrected chi connectivity index (χ4v) is 2.96. The molecule has 2 aromatic carbocycles. The van der Waals surface area contributed by atoms with Gasteiger partial charge >= 0.3 is 0 Å². The molecule has 8 heteroatoms. The molecule has 8 nitrogen and oxygen atoms in total. The van der Waals surface area contributed by atoms with Gasteiger partial charge in [0.1, 0.15) is 11.4 Å². The lowest BCUT2D eigenvalue weighted by Gasteiger charge is -2.09. The highest BCUT2D eigenvalue weighted by Crippen LogP contribution is 2.39. The zero-order valence-electron chi connectivity index (χ0n) is 16.0. The third-order valence-corrected chi connectivity index (χ3v) is 4.26. The van der Waals surface area contributed by atoms with E-state index in [1.165, 1.54) is 6.92 Å². The van der Waals surface area contributed by atoms with E-state index in [0.717, 1.165) is 10.9 Å². The molecule has 0 radical (unpaired) electrons. The monoisotopic (exact) mass is 383 g/mol. The Kier molecular flexibility index (Phi) is 5.39. The molecule has 3 rings (SSSR count). The molecule has 0 aliphatic rings. The van der Waals surface area contributed by atoms with E-state index < -0.39 is 5.91 Å². The molecule has 28 heavy (non-hydrogen) atoms. The lowest BCUT2D eigenvalue weighted by Crippen LogP contribution is -2.40. The first-order chi connectivity index (χ1) is 13.5. The SMILES string of the molecule is COc1ccc(-c2c(C(=O)NNC(C)=O)[nH]c3cc(OC)c(OC)cc23)cc1. The van der Waals surface area contributed by atoms with Gasteiger partial charge in [0.2, 0.25) is 5.91 Å². The maximum Gasteiger partial charge on any atom is 0.286 e. The van der Waals surface area contributed by atoms with Crippen LogP contribution in [0.3, 0.4) is 0 Å². The van der Waals surface area contributed by atoms with Gasteiger partial charge < -0.3 is 19.2 Å². The zero-order chi connectivity index (χ0) is 20.3. The largest absolute Gasteiger partial charge is 0.497 e. The molecule has 146 valence electrons. The molecule has 0 saturated carbocycles. The van der Waals surface area contributed by atoms with Crippen LogP contribution in [0.25, 0.3) is 22.0 Å². The van der Waals surface area contributed by atoms with Crippen molar-refractivity contribution in [2.45, 2.75) is 6.92 Å². The Morgan fingerprint density at radius 3 is 2.11 bits per heavy atom. The number of carbonyl (C=O) groups excluding carboxylic acids is 2. The fraction of sp³-hybridized carbons (Fsp3) is 0.200. The summed E-state index contributed by atoms with van der Waals surface area (Å²) in [5.74, 6) is 0.921. The molecule has 3 N–H and O–H groups in total. The third kappa shape index (κ3) is 3.57. The van der Waals surface area contributed by atoms with Gasteiger partial charge in [0.15, 0.2) is 11.5 Å². The summed E-state index contributed by atoms with van der Waals surface area (Å²) < 4.78 is 16.0. The van der Waals surface area contributed by atoms with E-state index in [2.05, 4.69) is 15.8 Å². The van der Waals surface area contributed by atoms with Crippen LogP contribution >= 0.6 is 0 Å². The number of aromatic amines is 1. The number of nitrogens with one attached hydrogen (secondary N) is 3.